The van der Waals surface area contributed by atoms with Gasteiger partial charge < -0.3 is 46.1 Å². The van der Waals surface area contributed by atoms with Crippen molar-refractivity contribution in [2.45, 2.75) is 130 Å². The van der Waals surface area contributed by atoms with Gasteiger partial charge in [-0.2, -0.15) is 4.98 Å². The minimum atomic E-state index is -1.07. The van der Waals surface area contributed by atoms with Crippen molar-refractivity contribution in [1.29, 1.82) is 0 Å². The first kappa shape index (κ1) is 44.2. The molecule has 1 aromatic heterocycles. The third kappa shape index (κ3) is 16.4. The van der Waals surface area contributed by atoms with Crippen molar-refractivity contribution in [3.8, 4) is 5.75 Å². The summed E-state index contributed by atoms with van der Waals surface area (Å²) in [5.41, 5.74) is 8.27. The first-order chi connectivity index (χ1) is 25.8. The normalized spacial score (nSPS) is 13.3. The van der Waals surface area contributed by atoms with Crippen LogP contribution in [0.15, 0.2) is 47.0 Å². The van der Waals surface area contributed by atoms with Crippen LogP contribution in [-0.2, 0) is 31.9 Å². The van der Waals surface area contributed by atoms with E-state index < -0.39 is 53.3 Å². The summed E-state index contributed by atoms with van der Waals surface area (Å²) in [5, 5.41) is 25.6. The van der Waals surface area contributed by atoms with Gasteiger partial charge >= 0.3 is 12.2 Å². The first-order valence-corrected chi connectivity index (χ1v) is 18.7. The smallest absolute Gasteiger partial charge is 0.407 e. The number of rotatable bonds is 18. The summed E-state index contributed by atoms with van der Waals surface area (Å²) in [7, 11) is 0. The number of ether oxygens (including phenoxy) is 2. The lowest BCUT2D eigenvalue weighted by atomic mass is 9.95. The van der Waals surface area contributed by atoms with Crippen LogP contribution >= 0.6 is 0 Å². The Morgan fingerprint density at radius 2 is 1.40 bits per heavy atom. The van der Waals surface area contributed by atoms with Crippen molar-refractivity contribution in [3.05, 3.63) is 76.4 Å². The summed E-state index contributed by atoms with van der Waals surface area (Å²) in [6.07, 6.45) is 1.60. The largest absolute Gasteiger partial charge is 0.508 e. The van der Waals surface area contributed by atoms with Crippen molar-refractivity contribution in [3.63, 3.8) is 0 Å². The van der Waals surface area contributed by atoms with E-state index in [0.717, 1.165) is 22.3 Å². The van der Waals surface area contributed by atoms with Crippen LogP contribution in [0.3, 0.4) is 0 Å². The molecule has 0 radical (unpaired) electrons. The van der Waals surface area contributed by atoms with Crippen molar-refractivity contribution < 1.29 is 38.3 Å². The van der Waals surface area contributed by atoms with Crippen LogP contribution in [0.1, 0.15) is 114 Å². The number of aromatic hydroxyl groups is 1. The summed E-state index contributed by atoms with van der Waals surface area (Å²) in [6.45, 7) is 14.9. The maximum Gasteiger partial charge on any atom is 0.407 e. The zero-order valence-electron chi connectivity index (χ0n) is 33.4. The number of carbonyl (C=O) groups is 4. The molecule has 0 aliphatic heterocycles. The monoisotopic (exact) mass is 765 g/mol. The second kappa shape index (κ2) is 20.5. The number of nitrogens with one attached hydrogen (secondary N) is 4. The highest BCUT2D eigenvalue weighted by Crippen LogP contribution is 2.24. The number of nitrogens with two attached hydrogens (primary N) is 1. The number of unbranched alkanes of at least 4 members (excludes halogenated alkanes) is 1. The molecule has 4 amide bonds. The SMILES string of the molecule is Cc1cc(O)cc(C)c1C[C@H](NC(=O)[C@H](N)CCCNC(=O)OC(C)(C)C)C(=O)N[C@@H](CCCCNC(=O)OC(C)(C)C)c1nc(Cc2ccccc2)no1. The molecule has 55 heavy (non-hydrogen) atoms. The average molecular weight is 766 g/mol. The number of alkyl carbamates (subject to hydrolysis) is 2. The first-order valence-electron chi connectivity index (χ1n) is 18.7. The maximum atomic E-state index is 14.2. The topological polar surface area (TPSA) is 220 Å². The van der Waals surface area contributed by atoms with E-state index in [-0.39, 0.29) is 31.0 Å². The third-order valence-electron chi connectivity index (χ3n) is 8.31. The van der Waals surface area contributed by atoms with E-state index in [1.165, 1.54) is 0 Å². The highest BCUT2D eigenvalue weighted by Gasteiger charge is 2.30. The van der Waals surface area contributed by atoms with Crippen LogP contribution < -0.4 is 27.0 Å². The predicted molar refractivity (Wildman–Crippen MR) is 207 cm³/mol. The molecule has 1 heterocycles. The number of phenolic OH excluding ortho intramolecular Hbond substituents is 1. The maximum absolute atomic E-state index is 14.2. The van der Waals surface area contributed by atoms with Crippen LogP contribution in [0.4, 0.5) is 9.59 Å². The highest BCUT2D eigenvalue weighted by atomic mass is 16.6. The quantitative estimate of drug-likeness (QED) is 0.0925. The van der Waals surface area contributed by atoms with Gasteiger partial charge in [-0.05, 0) is 122 Å². The molecule has 0 saturated carbocycles. The second-order valence-corrected chi connectivity index (χ2v) is 15.7. The van der Waals surface area contributed by atoms with Gasteiger partial charge in [-0.3, -0.25) is 9.59 Å². The molecule has 7 N–H and O–H groups in total. The molecule has 15 nitrogen and oxygen atoms in total. The Bertz CT molecular complexity index is 1690. The fraction of sp³-hybridized carbons (Fsp3) is 0.550. The van der Waals surface area contributed by atoms with Gasteiger partial charge in [-0.1, -0.05) is 35.5 Å². The number of hydrogen-bond acceptors (Lipinski definition) is 11. The molecule has 302 valence electrons. The lowest BCUT2D eigenvalue weighted by molar-refractivity contribution is -0.130. The highest BCUT2D eigenvalue weighted by molar-refractivity contribution is 5.90. The number of hydrogen-bond donors (Lipinski definition) is 6. The molecule has 0 saturated heterocycles. The van der Waals surface area contributed by atoms with Gasteiger partial charge in [-0.15, -0.1) is 0 Å². The third-order valence-corrected chi connectivity index (χ3v) is 8.31. The van der Waals surface area contributed by atoms with Crippen LogP contribution in [0.2, 0.25) is 0 Å². The lowest BCUT2D eigenvalue weighted by Crippen LogP contribution is -2.53. The molecule has 2 aromatic carbocycles. The fourth-order valence-electron chi connectivity index (χ4n) is 5.71. The summed E-state index contributed by atoms with van der Waals surface area (Å²) in [6, 6.07) is 10.1. The Morgan fingerprint density at radius 1 is 0.818 bits per heavy atom. The van der Waals surface area contributed by atoms with E-state index in [2.05, 4.69) is 31.4 Å². The van der Waals surface area contributed by atoms with Crippen LogP contribution in [-0.4, -0.2) is 75.6 Å². The Balaban J connectivity index is 1.77. The Kier molecular flexibility index (Phi) is 16.5. The van der Waals surface area contributed by atoms with Gasteiger partial charge in [0.15, 0.2) is 5.82 Å². The standard InChI is InChI=1S/C40H59N7O8/c1-25-21-28(48)22-26(2)29(25)24-32(45-34(49)30(41)17-14-20-43-38(52)54-40(6,7)8)35(50)44-31(18-12-13-19-42-37(51)53-39(3,4)5)36-46-33(47-55-36)23-27-15-10-9-11-16-27/h9-11,15-16,21-22,30-32,48H,12-14,17-20,23-24,41H2,1-8H3,(H,42,51)(H,43,52)(H,44,50)(H,45,49)/t30-,31+,32+/m1/s1. The number of aromatic nitrogens is 2. The second-order valence-electron chi connectivity index (χ2n) is 15.7. The van der Waals surface area contributed by atoms with E-state index in [1.54, 1.807) is 53.7 Å². The zero-order chi connectivity index (χ0) is 40.8. The Hall–Kier alpha value is -5.18. The number of benzene rings is 2. The molecule has 0 unspecified atom stereocenters. The summed E-state index contributed by atoms with van der Waals surface area (Å²) < 4.78 is 16.2. The summed E-state index contributed by atoms with van der Waals surface area (Å²) in [4.78, 5) is 56.4. The minimum absolute atomic E-state index is 0.0923. The summed E-state index contributed by atoms with van der Waals surface area (Å²) >= 11 is 0. The van der Waals surface area contributed by atoms with Gasteiger partial charge in [0.25, 0.3) is 0 Å². The Morgan fingerprint density at radius 3 is 1.98 bits per heavy atom. The van der Waals surface area contributed by atoms with Crippen LogP contribution in [0.25, 0.3) is 0 Å². The van der Waals surface area contributed by atoms with E-state index in [0.29, 0.717) is 44.5 Å². The molecular weight excluding hydrogens is 706 g/mol. The number of aryl methyl sites for hydroxylation is 2. The number of amides is 4. The molecule has 3 atom stereocenters. The van der Waals surface area contributed by atoms with Gasteiger partial charge in [0.2, 0.25) is 17.7 Å². The van der Waals surface area contributed by atoms with E-state index in [9.17, 15) is 24.3 Å². The molecule has 0 spiro atoms. The van der Waals surface area contributed by atoms with Crippen molar-refractivity contribution in [2.24, 2.45) is 5.73 Å². The number of nitrogens with zero attached hydrogens (tertiary/aromatic N) is 2. The van der Waals surface area contributed by atoms with Crippen LogP contribution in [0, 0.1) is 13.8 Å². The van der Waals surface area contributed by atoms with E-state index in [1.807, 2.05) is 44.2 Å². The van der Waals surface area contributed by atoms with E-state index in [4.69, 9.17) is 19.7 Å². The molecular formula is C40H59N7O8. The average Bonchev–Trinajstić information content (AvgIpc) is 3.53. The van der Waals surface area contributed by atoms with Crippen LogP contribution in [0.5, 0.6) is 5.75 Å². The van der Waals surface area contributed by atoms with Gasteiger partial charge in [0.05, 0.1) is 6.04 Å². The molecule has 0 aliphatic carbocycles. The number of carbonyl (C=O) groups excluding carboxylic acids is 4. The van der Waals surface area contributed by atoms with Crippen molar-refractivity contribution in [2.75, 3.05) is 13.1 Å². The van der Waals surface area contributed by atoms with E-state index >= 15 is 0 Å². The molecule has 0 fully saturated rings. The molecule has 3 aromatic rings. The molecule has 0 bridgehead atoms. The Labute approximate surface area is 323 Å². The van der Waals surface area contributed by atoms with Gasteiger partial charge in [0, 0.05) is 25.9 Å². The molecule has 3 rings (SSSR count). The molecule has 0 aliphatic rings. The molecule has 15 heteroatoms. The van der Waals surface area contributed by atoms with Gasteiger partial charge in [0.1, 0.15) is 29.0 Å². The summed E-state index contributed by atoms with van der Waals surface area (Å²) in [5.74, 6) is -0.303. The number of phenols is 1. The predicted octanol–water partition coefficient (Wildman–Crippen LogP) is 5.19. The zero-order valence-corrected chi connectivity index (χ0v) is 33.4. The van der Waals surface area contributed by atoms with Crippen molar-refractivity contribution in [1.82, 2.24) is 31.4 Å². The van der Waals surface area contributed by atoms with Gasteiger partial charge in [-0.25, -0.2) is 9.59 Å². The fourth-order valence-corrected chi connectivity index (χ4v) is 5.71. The van der Waals surface area contributed by atoms with Crippen molar-refractivity contribution >= 4 is 24.0 Å². The minimum Gasteiger partial charge on any atom is -0.508 e. The lowest BCUT2D eigenvalue weighted by Gasteiger charge is -2.25.